The third-order valence-electron chi connectivity index (χ3n) is 2.86. The lowest BCUT2D eigenvalue weighted by molar-refractivity contribution is 0.0269. The Kier molecular flexibility index (Phi) is 7.49. The smallest absolute Gasteiger partial charge is 0.430 e. The summed E-state index contributed by atoms with van der Waals surface area (Å²) in [4.78, 5) is 10.7. The molecule has 0 unspecified atom stereocenters. The zero-order valence-electron chi connectivity index (χ0n) is 12.7. The van der Waals surface area contributed by atoms with Crippen LogP contribution in [0.5, 0.6) is 0 Å². The number of phosphoric ester groups is 1. The van der Waals surface area contributed by atoms with Crippen molar-refractivity contribution in [3.8, 4) is 0 Å². The molecular weight excluding hydrogens is 351 g/mol. The number of rotatable bonds is 9. The van der Waals surface area contributed by atoms with Crippen LogP contribution in [0.2, 0.25) is 0 Å². The summed E-state index contributed by atoms with van der Waals surface area (Å²) < 4.78 is 32.8. The highest BCUT2D eigenvalue weighted by molar-refractivity contribution is 7.96. The van der Waals surface area contributed by atoms with E-state index in [1.165, 1.54) is 0 Å². The third kappa shape index (κ3) is 6.86. The summed E-state index contributed by atoms with van der Waals surface area (Å²) in [5, 5.41) is -0.854. The van der Waals surface area contributed by atoms with Gasteiger partial charge in [0, 0.05) is 0 Å². The molecule has 0 aromatic heterocycles. The maximum atomic E-state index is 12.7. The molecule has 0 aliphatic carbocycles. The van der Waals surface area contributed by atoms with Gasteiger partial charge in [-0.15, -0.1) is 0 Å². The van der Waals surface area contributed by atoms with Crippen molar-refractivity contribution in [1.82, 2.24) is 0 Å². The summed E-state index contributed by atoms with van der Waals surface area (Å²) in [5.74, 6) is 0. The average molecular weight is 368 g/mol. The van der Waals surface area contributed by atoms with Crippen LogP contribution >= 0.6 is 20.5 Å². The van der Waals surface area contributed by atoms with Crippen molar-refractivity contribution >= 4 is 25.8 Å². The average Bonchev–Trinajstić information content (AvgIpc) is 2.60. The Bertz CT molecular complexity index is 632. The molecule has 0 fully saturated rings. The first kappa shape index (κ1) is 18.7. The van der Waals surface area contributed by atoms with Crippen LogP contribution in [0.4, 0.5) is 4.79 Å². The van der Waals surface area contributed by atoms with Gasteiger partial charge in [-0.2, -0.15) is 0 Å². The zero-order chi connectivity index (χ0) is 17.3. The minimum absolute atomic E-state index is 0.0295. The van der Waals surface area contributed by atoms with Gasteiger partial charge in [0.15, 0.2) is 0 Å². The van der Waals surface area contributed by atoms with Gasteiger partial charge in [0.2, 0.25) is 6.79 Å². The van der Waals surface area contributed by atoms with Crippen molar-refractivity contribution in [2.45, 2.75) is 13.2 Å². The van der Waals surface area contributed by atoms with E-state index in [1.807, 2.05) is 60.7 Å². The second-order valence-electron chi connectivity index (χ2n) is 4.62. The van der Waals surface area contributed by atoms with Crippen LogP contribution in [0.1, 0.15) is 11.1 Å². The minimum atomic E-state index is -3.92. The number of hydrogen-bond acceptors (Lipinski definition) is 6. The topological polar surface area (TPSA) is 71.1 Å². The molecule has 6 nitrogen and oxygen atoms in total. The molecule has 0 atom stereocenters. The summed E-state index contributed by atoms with van der Waals surface area (Å²) in [7, 11) is -3.92. The molecular formula is C16H17O6PS. The summed E-state index contributed by atoms with van der Waals surface area (Å²) in [6, 6.07) is 18.3. The Morgan fingerprint density at radius 1 is 0.833 bits per heavy atom. The predicted molar refractivity (Wildman–Crippen MR) is 91.5 cm³/mol. The Morgan fingerprint density at radius 3 is 1.71 bits per heavy atom. The normalized spacial score (nSPS) is 11.2. The van der Waals surface area contributed by atoms with E-state index in [4.69, 9.17) is 13.6 Å². The van der Waals surface area contributed by atoms with E-state index >= 15 is 0 Å². The maximum Gasteiger partial charge on any atom is 0.478 e. The second kappa shape index (κ2) is 9.61. The Labute approximate surface area is 145 Å². The molecule has 0 aliphatic heterocycles. The molecule has 0 amide bonds. The quantitative estimate of drug-likeness (QED) is 0.303. The van der Waals surface area contributed by atoms with Gasteiger partial charge in [-0.3, -0.25) is 9.05 Å². The molecule has 0 spiro atoms. The molecule has 2 rings (SSSR count). The van der Waals surface area contributed by atoms with E-state index in [2.05, 4.69) is 17.4 Å². The molecule has 0 saturated carbocycles. The summed E-state index contributed by atoms with van der Waals surface area (Å²) in [6.45, 7) is -0.521. The van der Waals surface area contributed by atoms with Gasteiger partial charge >= 0.3 is 13.1 Å². The number of carbonyl (C=O) groups is 1. The zero-order valence-corrected chi connectivity index (χ0v) is 14.5. The molecule has 8 heteroatoms. The van der Waals surface area contributed by atoms with Crippen molar-refractivity contribution in [3.05, 3.63) is 71.8 Å². The highest BCUT2D eigenvalue weighted by Gasteiger charge is 2.27. The van der Waals surface area contributed by atoms with Gasteiger partial charge in [0.05, 0.1) is 13.2 Å². The summed E-state index contributed by atoms with van der Waals surface area (Å²) in [6.07, 6.45) is 0. The van der Waals surface area contributed by atoms with Gasteiger partial charge in [-0.1, -0.05) is 73.3 Å². The third-order valence-corrected chi connectivity index (χ3v) is 4.30. The summed E-state index contributed by atoms with van der Waals surface area (Å²) in [5.41, 5.74) is 1.60. The predicted octanol–water partition coefficient (Wildman–Crippen LogP) is 4.57. The number of phosphoric acid groups is 1. The number of benzene rings is 2. The molecule has 0 heterocycles. The van der Waals surface area contributed by atoms with Gasteiger partial charge < -0.3 is 4.74 Å². The number of carbonyl (C=O) groups excluding carboxylic acids is 1. The fraction of sp³-hybridized carbons (Fsp3) is 0.188. The van der Waals surface area contributed by atoms with E-state index < -0.39 is 19.9 Å². The number of hydrogen-bond donors (Lipinski definition) is 1. The van der Waals surface area contributed by atoms with E-state index in [-0.39, 0.29) is 13.2 Å². The van der Waals surface area contributed by atoms with Crippen LogP contribution in [0.25, 0.3) is 0 Å². The van der Waals surface area contributed by atoms with Crippen LogP contribution in [0.3, 0.4) is 0 Å². The van der Waals surface area contributed by atoms with Crippen LogP contribution < -0.4 is 0 Å². The van der Waals surface area contributed by atoms with Crippen LogP contribution in [-0.4, -0.2) is 12.1 Å². The lowest BCUT2D eigenvalue weighted by atomic mass is 10.2. The van der Waals surface area contributed by atoms with E-state index in [1.54, 1.807) is 0 Å². The molecule has 24 heavy (non-hydrogen) atoms. The fourth-order valence-electron chi connectivity index (χ4n) is 1.71. The Morgan fingerprint density at radius 2 is 1.29 bits per heavy atom. The molecule has 0 radical (unpaired) electrons. The lowest BCUT2D eigenvalue weighted by Crippen LogP contribution is -2.05. The molecule has 128 valence electrons. The minimum Gasteiger partial charge on any atom is -0.430 e. The van der Waals surface area contributed by atoms with E-state index in [9.17, 15) is 9.36 Å². The molecule has 0 saturated heterocycles. The van der Waals surface area contributed by atoms with Gasteiger partial charge in [-0.05, 0) is 11.1 Å². The molecule has 2 aromatic carbocycles. The monoisotopic (exact) mass is 368 g/mol. The highest BCUT2D eigenvalue weighted by Crippen LogP contribution is 2.50. The Hall–Kier alpha value is -1.63. The molecule has 0 N–H and O–H groups in total. The highest BCUT2D eigenvalue weighted by atomic mass is 32.1. The largest absolute Gasteiger partial charge is 0.478 e. The second-order valence-corrected chi connectivity index (χ2v) is 6.66. The summed E-state index contributed by atoms with van der Waals surface area (Å²) >= 11 is 3.43. The first-order valence-corrected chi connectivity index (χ1v) is 8.95. The SMILES string of the molecule is O=C(S)OCOP(=O)(OCc1ccccc1)OCc1ccccc1. The fourth-order valence-corrected chi connectivity index (χ4v) is 2.78. The van der Waals surface area contributed by atoms with Gasteiger partial charge in [0.1, 0.15) is 0 Å². The van der Waals surface area contributed by atoms with Crippen LogP contribution in [-0.2, 0) is 36.1 Å². The number of ether oxygens (including phenoxy) is 1. The molecule has 0 bridgehead atoms. The molecule has 0 aliphatic rings. The van der Waals surface area contributed by atoms with Gasteiger partial charge in [0.25, 0.3) is 0 Å². The first-order chi connectivity index (χ1) is 11.6. The van der Waals surface area contributed by atoms with Crippen molar-refractivity contribution < 1.29 is 27.7 Å². The van der Waals surface area contributed by atoms with Crippen molar-refractivity contribution in [3.63, 3.8) is 0 Å². The maximum absolute atomic E-state index is 12.7. The van der Waals surface area contributed by atoms with Crippen LogP contribution in [0.15, 0.2) is 60.7 Å². The lowest BCUT2D eigenvalue weighted by Gasteiger charge is -2.17. The standard InChI is InChI=1S/C16H17O6PS/c17-16(24)19-13-22-23(18,20-11-14-7-3-1-4-8-14)21-12-15-9-5-2-6-10-15/h1-10H,11-13H2,(H,17,24). The van der Waals surface area contributed by atoms with Crippen molar-refractivity contribution in [2.75, 3.05) is 6.79 Å². The Balaban J connectivity index is 1.96. The van der Waals surface area contributed by atoms with Gasteiger partial charge in [-0.25, -0.2) is 13.9 Å². The molecule has 2 aromatic rings. The van der Waals surface area contributed by atoms with Crippen molar-refractivity contribution in [1.29, 1.82) is 0 Å². The van der Waals surface area contributed by atoms with Crippen LogP contribution in [0, 0.1) is 0 Å². The van der Waals surface area contributed by atoms with E-state index in [0.717, 1.165) is 11.1 Å². The van der Waals surface area contributed by atoms with E-state index in [0.29, 0.717) is 0 Å². The van der Waals surface area contributed by atoms with Crippen molar-refractivity contribution in [2.24, 2.45) is 0 Å². The number of thiol groups is 1. The first-order valence-electron chi connectivity index (χ1n) is 7.05.